The van der Waals surface area contributed by atoms with E-state index in [2.05, 4.69) is 26.2 Å². The average molecular weight is 432 g/mol. The average Bonchev–Trinajstić information content (AvgIpc) is 3.03. The van der Waals surface area contributed by atoms with Crippen molar-refractivity contribution in [1.82, 2.24) is 9.38 Å². The topological polar surface area (TPSA) is 29.3 Å². The summed E-state index contributed by atoms with van der Waals surface area (Å²) in [6.45, 7) is 0. The maximum atomic E-state index is 13.1. The minimum Gasteiger partial charge on any atom is -0.352 e. The molecule has 7 heteroatoms. The number of alkyl halides is 3. The molecule has 0 bridgehead atoms. The number of pyridine rings is 1. The van der Waals surface area contributed by atoms with Crippen molar-refractivity contribution in [2.24, 2.45) is 0 Å². The number of nitrogens with one attached hydrogen (secondary N) is 1. The van der Waals surface area contributed by atoms with Crippen molar-refractivity contribution >= 4 is 33.0 Å². The minimum atomic E-state index is -4.39. The highest BCUT2D eigenvalue weighted by Crippen LogP contribution is 2.34. The summed E-state index contributed by atoms with van der Waals surface area (Å²) in [5, 5.41) is 3.29. The number of hydrogen-bond donors (Lipinski definition) is 1. The number of benzene rings is 2. The smallest absolute Gasteiger partial charge is 0.352 e. The van der Waals surface area contributed by atoms with Crippen LogP contribution in [-0.4, -0.2) is 9.38 Å². The lowest BCUT2D eigenvalue weighted by molar-refractivity contribution is -0.137. The number of imidazole rings is 1. The SMILES string of the molecule is FC(F)(F)c1cccc(-c2cc(Nc3ccccc3)c3ncc(Br)n3c2)c1. The molecule has 4 aromatic rings. The van der Waals surface area contributed by atoms with E-state index in [-0.39, 0.29) is 0 Å². The van der Waals surface area contributed by atoms with Crippen LogP contribution < -0.4 is 5.32 Å². The Morgan fingerprint density at radius 1 is 0.926 bits per heavy atom. The Morgan fingerprint density at radius 2 is 1.70 bits per heavy atom. The zero-order valence-electron chi connectivity index (χ0n) is 13.8. The van der Waals surface area contributed by atoms with E-state index in [9.17, 15) is 13.2 Å². The van der Waals surface area contributed by atoms with Crippen LogP contribution in [0.25, 0.3) is 16.8 Å². The number of halogens is 4. The van der Waals surface area contributed by atoms with Crippen LogP contribution in [-0.2, 0) is 6.18 Å². The van der Waals surface area contributed by atoms with Gasteiger partial charge >= 0.3 is 6.18 Å². The molecule has 1 N–H and O–H groups in total. The number of rotatable bonds is 3. The van der Waals surface area contributed by atoms with Crippen LogP contribution in [0.15, 0.2) is 77.7 Å². The molecular formula is C20H13BrF3N3. The van der Waals surface area contributed by atoms with Crippen LogP contribution in [0.4, 0.5) is 24.5 Å². The Kier molecular flexibility index (Phi) is 4.39. The third-order valence-corrected chi connectivity index (χ3v) is 4.72. The highest BCUT2D eigenvalue weighted by Gasteiger charge is 2.30. The van der Waals surface area contributed by atoms with E-state index in [0.717, 1.165) is 17.8 Å². The lowest BCUT2D eigenvalue weighted by Gasteiger charge is -2.13. The molecule has 0 fully saturated rings. The number of anilines is 2. The Balaban J connectivity index is 1.86. The number of hydrogen-bond acceptors (Lipinski definition) is 2. The predicted molar refractivity (Wildman–Crippen MR) is 103 cm³/mol. The van der Waals surface area contributed by atoms with Gasteiger partial charge in [0.2, 0.25) is 0 Å². The Hall–Kier alpha value is -2.80. The summed E-state index contributed by atoms with van der Waals surface area (Å²) in [7, 11) is 0. The van der Waals surface area contributed by atoms with Gasteiger partial charge in [0.15, 0.2) is 5.65 Å². The number of nitrogens with zero attached hydrogens (tertiary/aromatic N) is 2. The third kappa shape index (κ3) is 3.55. The normalized spacial score (nSPS) is 11.7. The summed E-state index contributed by atoms with van der Waals surface area (Å²) in [4.78, 5) is 4.38. The molecule has 0 aliphatic carbocycles. The van der Waals surface area contributed by atoms with Crippen molar-refractivity contribution in [2.45, 2.75) is 6.18 Å². The Morgan fingerprint density at radius 3 is 2.44 bits per heavy atom. The second-order valence-corrected chi connectivity index (χ2v) is 6.80. The molecule has 2 aromatic carbocycles. The highest BCUT2D eigenvalue weighted by atomic mass is 79.9. The molecule has 3 nitrogen and oxygen atoms in total. The molecule has 0 spiro atoms. The van der Waals surface area contributed by atoms with Crippen LogP contribution in [0.5, 0.6) is 0 Å². The maximum absolute atomic E-state index is 13.1. The van der Waals surface area contributed by atoms with E-state index in [1.165, 1.54) is 6.07 Å². The van der Waals surface area contributed by atoms with Gasteiger partial charge in [0.1, 0.15) is 4.60 Å². The fraction of sp³-hybridized carbons (Fsp3) is 0.0500. The summed E-state index contributed by atoms with van der Waals surface area (Å²) < 4.78 is 41.8. The lowest BCUT2D eigenvalue weighted by atomic mass is 10.0. The summed E-state index contributed by atoms with van der Waals surface area (Å²) >= 11 is 3.43. The molecule has 136 valence electrons. The molecule has 0 saturated heterocycles. The largest absolute Gasteiger partial charge is 0.416 e. The van der Waals surface area contributed by atoms with Crippen molar-refractivity contribution in [1.29, 1.82) is 0 Å². The van der Waals surface area contributed by atoms with Crippen LogP contribution in [0.3, 0.4) is 0 Å². The zero-order chi connectivity index (χ0) is 19.0. The van der Waals surface area contributed by atoms with E-state index in [1.807, 2.05) is 30.3 Å². The quantitative estimate of drug-likeness (QED) is 0.399. The van der Waals surface area contributed by atoms with Crippen LogP contribution in [0.2, 0.25) is 0 Å². The van der Waals surface area contributed by atoms with Gasteiger partial charge in [-0.3, -0.25) is 4.40 Å². The molecule has 27 heavy (non-hydrogen) atoms. The monoisotopic (exact) mass is 431 g/mol. The predicted octanol–water partition coefficient (Wildman–Crippen LogP) is 6.53. The minimum absolute atomic E-state index is 0.475. The van der Waals surface area contributed by atoms with E-state index in [1.54, 1.807) is 28.9 Å². The van der Waals surface area contributed by atoms with Crippen molar-refractivity contribution in [3.63, 3.8) is 0 Å². The van der Waals surface area contributed by atoms with Gasteiger partial charge in [-0.15, -0.1) is 0 Å². The molecule has 4 rings (SSSR count). The fourth-order valence-electron chi connectivity index (χ4n) is 2.86. The number of aromatic nitrogens is 2. The molecular weight excluding hydrogens is 419 g/mol. The van der Waals surface area contributed by atoms with Gasteiger partial charge < -0.3 is 5.32 Å². The standard InChI is InChI=1S/C20H13BrF3N3/c21-18-11-25-19-17(26-16-7-2-1-3-8-16)10-14(12-27(18)19)13-5-4-6-15(9-13)20(22,23)24/h1-12,26H. The zero-order valence-corrected chi connectivity index (χ0v) is 15.4. The molecule has 0 unspecified atom stereocenters. The first-order valence-corrected chi connectivity index (χ1v) is 8.87. The third-order valence-electron chi connectivity index (χ3n) is 4.14. The Labute approximate surface area is 161 Å². The van der Waals surface area contributed by atoms with Crippen molar-refractivity contribution in [3.8, 4) is 11.1 Å². The molecule has 0 atom stereocenters. The first-order valence-electron chi connectivity index (χ1n) is 8.08. The van der Waals surface area contributed by atoms with Crippen LogP contribution in [0.1, 0.15) is 5.56 Å². The van der Waals surface area contributed by atoms with Crippen LogP contribution in [0, 0.1) is 0 Å². The van der Waals surface area contributed by atoms with Crippen molar-refractivity contribution in [2.75, 3.05) is 5.32 Å². The summed E-state index contributed by atoms with van der Waals surface area (Å²) in [5.74, 6) is 0. The summed E-state index contributed by atoms with van der Waals surface area (Å²) in [5.41, 5.74) is 2.67. The Bertz CT molecular complexity index is 1100. The molecule has 2 heterocycles. The first-order chi connectivity index (χ1) is 12.9. The van der Waals surface area contributed by atoms with Crippen molar-refractivity contribution in [3.05, 3.63) is 83.2 Å². The van der Waals surface area contributed by atoms with E-state index in [4.69, 9.17) is 0 Å². The first kappa shape index (κ1) is 17.6. The molecule has 0 amide bonds. The molecule has 0 radical (unpaired) electrons. The molecule has 0 aliphatic rings. The lowest BCUT2D eigenvalue weighted by Crippen LogP contribution is -2.04. The van der Waals surface area contributed by atoms with Gasteiger partial charge in [-0.2, -0.15) is 13.2 Å². The maximum Gasteiger partial charge on any atom is 0.416 e. The van der Waals surface area contributed by atoms with E-state index < -0.39 is 11.7 Å². The molecule has 0 saturated carbocycles. The van der Waals surface area contributed by atoms with Gasteiger partial charge in [0.25, 0.3) is 0 Å². The second kappa shape index (κ2) is 6.74. The number of fused-ring (bicyclic) bond motifs is 1. The van der Waals surface area contributed by atoms with E-state index >= 15 is 0 Å². The van der Waals surface area contributed by atoms with Crippen molar-refractivity contribution < 1.29 is 13.2 Å². The summed E-state index contributed by atoms with van der Waals surface area (Å²) in [6, 6.07) is 16.6. The van der Waals surface area contributed by atoms with Gasteiger partial charge in [-0.1, -0.05) is 30.3 Å². The van der Waals surface area contributed by atoms with Crippen LogP contribution >= 0.6 is 15.9 Å². The number of para-hydroxylation sites is 1. The second-order valence-electron chi connectivity index (χ2n) is 5.99. The van der Waals surface area contributed by atoms with Gasteiger partial charge in [-0.25, -0.2) is 4.98 Å². The molecule has 2 aromatic heterocycles. The van der Waals surface area contributed by atoms with Gasteiger partial charge in [0, 0.05) is 17.4 Å². The fourth-order valence-corrected chi connectivity index (χ4v) is 3.23. The van der Waals surface area contributed by atoms with Gasteiger partial charge in [0.05, 0.1) is 17.4 Å². The van der Waals surface area contributed by atoms with Gasteiger partial charge in [-0.05, 0) is 51.8 Å². The van der Waals surface area contributed by atoms with E-state index in [0.29, 0.717) is 27.1 Å². The molecule has 0 aliphatic heterocycles. The summed E-state index contributed by atoms with van der Waals surface area (Å²) in [6.07, 6.45) is -0.972. The highest BCUT2D eigenvalue weighted by molar-refractivity contribution is 9.10.